The van der Waals surface area contributed by atoms with Crippen LogP contribution in [-0.4, -0.2) is 23.2 Å². The number of hydrogen-bond acceptors (Lipinski definition) is 4. The third-order valence-electron chi connectivity index (χ3n) is 3.86. The van der Waals surface area contributed by atoms with Crippen molar-refractivity contribution in [1.29, 1.82) is 0 Å². The number of dihydropyridines is 1. The lowest BCUT2D eigenvalue weighted by Crippen LogP contribution is -2.31. The van der Waals surface area contributed by atoms with Crippen LogP contribution in [0, 0.1) is 5.82 Å². The van der Waals surface area contributed by atoms with Crippen LogP contribution in [0.15, 0.2) is 52.0 Å². The van der Waals surface area contributed by atoms with Gasteiger partial charge >= 0.3 is 5.97 Å². The minimum atomic E-state index is -0.706. The summed E-state index contributed by atoms with van der Waals surface area (Å²) in [5, 5.41) is 3.31. The van der Waals surface area contributed by atoms with Crippen molar-refractivity contribution in [2.24, 2.45) is 0 Å². The van der Waals surface area contributed by atoms with Gasteiger partial charge in [-0.2, -0.15) is 0 Å². The molecule has 0 spiro atoms. The van der Waals surface area contributed by atoms with Gasteiger partial charge in [-0.3, -0.25) is 4.79 Å². The van der Waals surface area contributed by atoms with Gasteiger partial charge in [-0.1, -0.05) is 12.1 Å². The third-order valence-corrected chi connectivity index (χ3v) is 4.35. The molecule has 0 bridgehead atoms. The number of benzene rings is 1. The Balaban J connectivity index is 2.12. The summed E-state index contributed by atoms with van der Waals surface area (Å²) in [5.74, 6) is -1.22. The quantitative estimate of drug-likeness (QED) is 0.792. The Kier molecular flexibility index (Phi) is 5.03. The number of fused-ring (bicyclic) bond motifs is 1. The predicted molar refractivity (Wildman–Crippen MR) is 97.2 cm³/mol. The minimum Gasteiger partial charge on any atom is -0.462 e. The van der Waals surface area contributed by atoms with Crippen molar-refractivity contribution in [2.75, 3.05) is 6.61 Å². The fourth-order valence-corrected chi connectivity index (χ4v) is 3.02. The van der Waals surface area contributed by atoms with Crippen LogP contribution in [-0.2, 0) is 11.3 Å². The molecule has 1 aliphatic rings. The van der Waals surface area contributed by atoms with Crippen molar-refractivity contribution in [3.8, 4) is 0 Å². The minimum absolute atomic E-state index is 0.100. The highest BCUT2D eigenvalue weighted by Crippen LogP contribution is 2.18. The molecule has 1 aromatic carbocycles. The van der Waals surface area contributed by atoms with Crippen LogP contribution in [0.1, 0.15) is 17.3 Å². The standard InChI is InChI=1S/C18H16BrFN2O3/c1-2-25-18(24)14-10-22(9-12-7-6-11(19)8-21-12)16-13(17(14)23)4-3-5-15(16)20/h3-8,10,12,21H,2,9H2,1H3. The van der Waals surface area contributed by atoms with Gasteiger partial charge in [0.2, 0.25) is 5.43 Å². The van der Waals surface area contributed by atoms with Crippen LogP contribution in [0.4, 0.5) is 4.39 Å². The van der Waals surface area contributed by atoms with E-state index in [4.69, 9.17) is 4.74 Å². The number of para-hydroxylation sites is 1. The van der Waals surface area contributed by atoms with E-state index in [0.717, 1.165) is 4.48 Å². The number of carbonyl (C=O) groups is 1. The van der Waals surface area contributed by atoms with Crippen molar-refractivity contribution in [1.82, 2.24) is 9.88 Å². The average Bonchev–Trinajstić information content (AvgIpc) is 2.59. The molecule has 0 saturated carbocycles. The summed E-state index contributed by atoms with van der Waals surface area (Å²) in [4.78, 5) is 24.7. The normalized spacial score (nSPS) is 16.4. The van der Waals surface area contributed by atoms with E-state index < -0.39 is 17.2 Å². The molecular formula is C18H16BrFN2O3. The Bertz CT molecular complexity index is 949. The van der Waals surface area contributed by atoms with Crippen LogP contribution in [0.3, 0.4) is 0 Å². The van der Waals surface area contributed by atoms with Gasteiger partial charge in [0.05, 0.1) is 18.2 Å². The topological polar surface area (TPSA) is 60.3 Å². The Hall–Kier alpha value is -2.41. The molecule has 2 heterocycles. The molecule has 1 aromatic heterocycles. The molecule has 1 aliphatic heterocycles. The van der Waals surface area contributed by atoms with Gasteiger partial charge in [-0.05, 0) is 41.1 Å². The van der Waals surface area contributed by atoms with Crippen LogP contribution in [0.25, 0.3) is 10.9 Å². The Morgan fingerprint density at radius 3 is 2.92 bits per heavy atom. The zero-order valence-corrected chi connectivity index (χ0v) is 15.0. The molecule has 0 aliphatic carbocycles. The molecule has 3 rings (SSSR count). The van der Waals surface area contributed by atoms with E-state index in [1.165, 1.54) is 24.4 Å². The molecule has 0 fully saturated rings. The number of allylic oxidation sites excluding steroid dienone is 2. The van der Waals surface area contributed by atoms with Gasteiger partial charge < -0.3 is 14.6 Å². The Morgan fingerprint density at radius 2 is 2.24 bits per heavy atom. The van der Waals surface area contributed by atoms with E-state index in [9.17, 15) is 14.0 Å². The van der Waals surface area contributed by atoms with Gasteiger partial charge in [0.25, 0.3) is 0 Å². The van der Waals surface area contributed by atoms with E-state index in [2.05, 4.69) is 21.2 Å². The maximum atomic E-state index is 14.4. The van der Waals surface area contributed by atoms with Crippen molar-refractivity contribution >= 4 is 32.8 Å². The van der Waals surface area contributed by atoms with Gasteiger partial charge in [-0.15, -0.1) is 0 Å². The third kappa shape index (κ3) is 3.51. The Labute approximate surface area is 151 Å². The van der Waals surface area contributed by atoms with E-state index in [1.807, 2.05) is 12.2 Å². The summed E-state index contributed by atoms with van der Waals surface area (Å²) >= 11 is 3.35. The van der Waals surface area contributed by atoms with Crippen molar-refractivity contribution in [3.63, 3.8) is 0 Å². The van der Waals surface area contributed by atoms with Gasteiger partial charge in [0, 0.05) is 28.8 Å². The second-order valence-electron chi connectivity index (χ2n) is 5.54. The molecule has 7 heteroatoms. The summed E-state index contributed by atoms with van der Waals surface area (Å²) in [7, 11) is 0. The summed E-state index contributed by atoms with van der Waals surface area (Å²) in [5.41, 5.74) is -0.459. The molecular weight excluding hydrogens is 391 g/mol. The van der Waals surface area contributed by atoms with Crippen LogP contribution in [0.2, 0.25) is 0 Å². The first-order valence-electron chi connectivity index (χ1n) is 7.80. The largest absolute Gasteiger partial charge is 0.462 e. The molecule has 0 saturated heterocycles. The number of pyridine rings is 1. The fraction of sp³-hybridized carbons (Fsp3) is 0.222. The van der Waals surface area contributed by atoms with Crippen LogP contribution < -0.4 is 10.7 Å². The number of esters is 1. The smallest absolute Gasteiger partial charge is 0.343 e. The zero-order valence-electron chi connectivity index (χ0n) is 13.5. The Morgan fingerprint density at radius 1 is 1.44 bits per heavy atom. The molecule has 25 heavy (non-hydrogen) atoms. The molecule has 130 valence electrons. The summed E-state index contributed by atoms with van der Waals surface area (Å²) in [6, 6.07) is 4.15. The first-order valence-corrected chi connectivity index (χ1v) is 8.59. The van der Waals surface area contributed by atoms with E-state index in [-0.39, 0.29) is 29.1 Å². The van der Waals surface area contributed by atoms with Crippen LogP contribution >= 0.6 is 15.9 Å². The average molecular weight is 407 g/mol. The molecule has 1 atom stereocenters. The van der Waals surface area contributed by atoms with E-state index in [0.29, 0.717) is 6.54 Å². The van der Waals surface area contributed by atoms with E-state index >= 15 is 0 Å². The predicted octanol–water partition coefficient (Wildman–Crippen LogP) is 3.08. The summed E-state index contributed by atoms with van der Waals surface area (Å²) < 4.78 is 21.8. The van der Waals surface area contributed by atoms with E-state index in [1.54, 1.807) is 17.7 Å². The highest BCUT2D eigenvalue weighted by Gasteiger charge is 2.19. The highest BCUT2D eigenvalue weighted by atomic mass is 79.9. The first-order chi connectivity index (χ1) is 12.0. The molecule has 1 N–H and O–H groups in total. The fourth-order valence-electron chi connectivity index (χ4n) is 2.74. The summed E-state index contributed by atoms with van der Waals surface area (Å²) in [6.45, 7) is 2.17. The van der Waals surface area contributed by atoms with Crippen molar-refractivity contribution in [3.05, 3.63) is 68.8 Å². The molecule has 5 nitrogen and oxygen atoms in total. The van der Waals surface area contributed by atoms with Crippen molar-refractivity contribution in [2.45, 2.75) is 19.5 Å². The lowest BCUT2D eigenvalue weighted by atomic mass is 10.1. The number of halogens is 2. The molecule has 1 unspecified atom stereocenters. The second kappa shape index (κ2) is 7.23. The first kappa shape index (κ1) is 17.4. The monoisotopic (exact) mass is 406 g/mol. The number of nitrogens with zero attached hydrogens (tertiary/aromatic N) is 1. The maximum absolute atomic E-state index is 14.4. The van der Waals surface area contributed by atoms with Crippen molar-refractivity contribution < 1.29 is 13.9 Å². The number of rotatable bonds is 4. The second-order valence-corrected chi connectivity index (χ2v) is 6.46. The maximum Gasteiger partial charge on any atom is 0.343 e. The summed E-state index contributed by atoms with van der Waals surface area (Å²) in [6.07, 6.45) is 6.96. The van der Waals surface area contributed by atoms with Gasteiger partial charge in [-0.25, -0.2) is 9.18 Å². The lowest BCUT2D eigenvalue weighted by molar-refractivity contribution is 0.0524. The SMILES string of the molecule is CCOC(=O)c1cn(CC2C=CC(Br)=CN2)c2c(F)cccc2c1=O. The number of aromatic nitrogens is 1. The lowest BCUT2D eigenvalue weighted by Gasteiger charge is -2.21. The number of hydrogen-bond donors (Lipinski definition) is 1. The zero-order chi connectivity index (χ0) is 18.0. The van der Waals surface area contributed by atoms with Gasteiger partial charge in [0.1, 0.15) is 11.4 Å². The molecule has 2 aromatic rings. The number of ether oxygens (including phenoxy) is 1. The molecule has 0 amide bonds. The molecule has 0 radical (unpaired) electrons. The van der Waals surface area contributed by atoms with Gasteiger partial charge in [0.15, 0.2) is 0 Å². The highest BCUT2D eigenvalue weighted by molar-refractivity contribution is 9.11. The number of carbonyl (C=O) groups excluding carboxylic acids is 1. The van der Waals surface area contributed by atoms with Crippen LogP contribution in [0.5, 0.6) is 0 Å². The number of nitrogens with one attached hydrogen (secondary N) is 1.